The number of aromatic nitrogens is 4. The summed E-state index contributed by atoms with van der Waals surface area (Å²) in [5.41, 5.74) is 7.41. The molecular weight excluding hydrogens is 292 g/mol. The van der Waals surface area contributed by atoms with Gasteiger partial charge in [-0.1, -0.05) is 18.6 Å². The molecule has 7 heteroatoms. The van der Waals surface area contributed by atoms with E-state index in [0.29, 0.717) is 0 Å². The minimum Gasteiger partial charge on any atom is -0.396 e. The number of hydrogen-bond acceptors (Lipinski definition) is 6. The first-order valence-electron chi connectivity index (χ1n) is 8.27. The van der Waals surface area contributed by atoms with Gasteiger partial charge < -0.3 is 20.7 Å². The summed E-state index contributed by atoms with van der Waals surface area (Å²) in [6.45, 7) is 1.08. The lowest BCUT2D eigenvalue weighted by atomic mass is 9.85. The fourth-order valence-corrected chi connectivity index (χ4v) is 3.33. The number of nitrogens with zero attached hydrogens (tertiary/aromatic N) is 4. The molecule has 0 unspecified atom stereocenters. The molecule has 2 aliphatic rings. The predicted molar refractivity (Wildman–Crippen MR) is 88.9 cm³/mol. The average molecular weight is 314 g/mol. The largest absolute Gasteiger partial charge is 0.396 e. The van der Waals surface area contributed by atoms with E-state index in [9.17, 15) is 5.11 Å². The molecule has 2 aromatic rings. The Labute approximate surface area is 134 Å². The number of hydrogen-bond donors (Lipinski definition) is 3. The van der Waals surface area contributed by atoms with Crippen molar-refractivity contribution in [2.75, 3.05) is 24.2 Å². The maximum atomic E-state index is 9.30. The molecule has 2 aliphatic carbocycles. The van der Waals surface area contributed by atoms with Crippen molar-refractivity contribution in [1.29, 1.82) is 0 Å². The third-order valence-corrected chi connectivity index (χ3v) is 4.96. The molecule has 4 rings (SSSR count). The highest BCUT2D eigenvalue weighted by Gasteiger charge is 2.23. The van der Waals surface area contributed by atoms with Gasteiger partial charge in [0.05, 0.1) is 12.4 Å². The van der Waals surface area contributed by atoms with E-state index < -0.39 is 0 Å². The molecule has 1 fully saturated rings. The quantitative estimate of drug-likeness (QED) is 0.726. The van der Waals surface area contributed by atoms with Gasteiger partial charge >= 0.3 is 0 Å². The number of nitrogen functional groups attached to an aromatic ring is 1. The van der Waals surface area contributed by atoms with Gasteiger partial charge in [0, 0.05) is 19.1 Å². The van der Waals surface area contributed by atoms with Crippen LogP contribution < -0.4 is 11.1 Å². The van der Waals surface area contributed by atoms with E-state index in [1.807, 2.05) is 4.57 Å². The van der Waals surface area contributed by atoms with Gasteiger partial charge in [-0.2, -0.15) is 9.97 Å². The summed E-state index contributed by atoms with van der Waals surface area (Å²) in [6, 6.07) is 0.158. The van der Waals surface area contributed by atoms with E-state index in [-0.39, 0.29) is 24.5 Å². The molecule has 2 atom stereocenters. The second-order valence-electron chi connectivity index (χ2n) is 6.56. The zero-order chi connectivity index (χ0) is 15.8. The van der Waals surface area contributed by atoms with E-state index >= 15 is 0 Å². The lowest BCUT2D eigenvalue weighted by Gasteiger charge is -2.25. The van der Waals surface area contributed by atoms with E-state index in [0.717, 1.165) is 35.9 Å². The molecular formula is C16H22N6O. The Morgan fingerprint density at radius 2 is 2.17 bits per heavy atom. The van der Waals surface area contributed by atoms with Crippen molar-refractivity contribution in [1.82, 2.24) is 19.5 Å². The number of fused-ring (bicyclic) bond motifs is 1. The van der Waals surface area contributed by atoms with E-state index in [1.165, 1.54) is 19.3 Å². The molecule has 0 saturated heterocycles. The van der Waals surface area contributed by atoms with Gasteiger partial charge in [-0.05, 0) is 25.2 Å². The third-order valence-electron chi connectivity index (χ3n) is 4.96. The van der Waals surface area contributed by atoms with Gasteiger partial charge in [-0.25, -0.2) is 4.98 Å². The summed E-state index contributed by atoms with van der Waals surface area (Å²) in [4.78, 5) is 13.2. The van der Waals surface area contributed by atoms with Crippen LogP contribution in [0.3, 0.4) is 0 Å². The lowest BCUT2D eigenvalue weighted by molar-refractivity contribution is 0.244. The van der Waals surface area contributed by atoms with Crippen molar-refractivity contribution in [3.8, 4) is 0 Å². The van der Waals surface area contributed by atoms with Crippen LogP contribution in [0.15, 0.2) is 18.5 Å². The Bertz CT molecular complexity index is 735. The van der Waals surface area contributed by atoms with Crippen LogP contribution in [-0.2, 0) is 0 Å². The Hall–Kier alpha value is -2.15. The van der Waals surface area contributed by atoms with Gasteiger partial charge in [-0.3, -0.25) is 0 Å². The monoisotopic (exact) mass is 314 g/mol. The van der Waals surface area contributed by atoms with Crippen LogP contribution in [0.4, 0.5) is 11.8 Å². The first-order valence-corrected chi connectivity index (χ1v) is 8.27. The normalized spacial score (nSPS) is 24.2. The summed E-state index contributed by atoms with van der Waals surface area (Å²) in [7, 11) is 0. The molecule has 2 aromatic heterocycles. The van der Waals surface area contributed by atoms with Crippen LogP contribution in [0.25, 0.3) is 11.2 Å². The Balaban J connectivity index is 1.63. The van der Waals surface area contributed by atoms with E-state index in [1.54, 1.807) is 6.33 Å². The molecule has 122 valence electrons. The van der Waals surface area contributed by atoms with Crippen molar-refractivity contribution in [2.45, 2.75) is 31.7 Å². The number of imidazole rings is 1. The number of aliphatic hydroxyl groups excluding tert-OH is 1. The SMILES string of the molecule is Nc1nc(NCC2CCC2)c2ncn([C@@H]3C=C[C@H](CO)C3)c2n1. The Kier molecular flexibility index (Phi) is 3.65. The molecule has 0 bridgehead atoms. The summed E-state index contributed by atoms with van der Waals surface area (Å²) in [5.74, 6) is 1.91. The van der Waals surface area contributed by atoms with Crippen molar-refractivity contribution in [3.05, 3.63) is 18.5 Å². The smallest absolute Gasteiger partial charge is 0.224 e. The highest BCUT2D eigenvalue weighted by Crippen LogP contribution is 2.32. The molecule has 1 saturated carbocycles. The van der Waals surface area contributed by atoms with Crippen LogP contribution in [0.1, 0.15) is 31.7 Å². The minimum atomic E-state index is 0.158. The summed E-state index contributed by atoms with van der Waals surface area (Å²) in [6.07, 6.45) is 10.7. The molecule has 0 spiro atoms. The summed E-state index contributed by atoms with van der Waals surface area (Å²) >= 11 is 0. The minimum absolute atomic E-state index is 0.158. The second-order valence-corrected chi connectivity index (χ2v) is 6.56. The van der Waals surface area contributed by atoms with Gasteiger partial charge in [0.2, 0.25) is 5.95 Å². The van der Waals surface area contributed by atoms with Crippen LogP contribution in [0.5, 0.6) is 0 Å². The fraction of sp³-hybridized carbons (Fsp3) is 0.562. The van der Waals surface area contributed by atoms with E-state index in [2.05, 4.69) is 32.4 Å². The molecule has 2 heterocycles. The molecule has 0 amide bonds. The number of aliphatic hydroxyl groups is 1. The predicted octanol–water partition coefficient (Wildman–Crippen LogP) is 1.73. The topological polar surface area (TPSA) is 102 Å². The number of rotatable bonds is 5. The number of nitrogens with one attached hydrogen (secondary N) is 1. The molecule has 0 aliphatic heterocycles. The highest BCUT2D eigenvalue weighted by atomic mass is 16.3. The zero-order valence-electron chi connectivity index (χ0n) is 13.0. The number of allylic oxidation sites excluding steroid dienone is 1. The highest BCUT2D eigenvalue weighted by molar-refractivity contribution is 5.84. The molecule has 0 aromatic carbocycles. The van der Waals surface area contributed by atoms with Crippen molar-refractivity contribution < 1.29 is 5.11 Å². The zero-order valence-corrected chi connectivity index (χ0v) is 13.0. The molecule has 7 nitrogen and oxygen atoms in total. The maximum absolute atomic E-state index is 9.30. The Morgan fingerprint density at radius 1 is 1.30 bits per heavy atom. The van der Waals surface area contributed by atoms with E-state index in [4.69, 9.17) is 5.73 Å². The number of nitrogens with two attached hydrogens (primary N) is 1. The first kappa shape index (κ1) is 14.4. The van der Waals surface area contributed by atoms with Gasteiger partial charge in [0.1, 0.15) is 0 Å². The van der Waals surface area contributed by atoms with Gasteiger partial charge in [-0.15, -0.1) is 0 Å². The lowest BCUT2D eigenvalue weighted by Crippen LogP contribution is -2.21. The first-order chi connectivity index (χ1) is 11.2. The Morgan fingerprint density at radius 3 is 2.87 bits per heavy atom. The van der Waals surface area contributed by atoms with Crippen LogP contribution in [-0.4, -0.2) is 37.8 Å². The van der Waals surface area contributed by atoms with Crippen LogP contribution in [0, 0.1) is 11.8 Å². The molecule has 23 heavy (non-hydrogen) atoms. The van der Waals surface area contributed by atoms with Gasteiger partial charge in [0.25, 0.3) is 0 Å². The van der Waals surface area contributed by atoms with Crippen molar-refractivity contribution in [2.24, 2.45) is 11.8 Å². The van der Waals surface area contributed by atoms with Crippen LogP contribution in [0.2, 0.25) is 0 Å². The molecule has 0 radical (unpaired) electrons. The standard InChI is InChI=1S/C16H22N6O/c17-16-20-14(18-7-10-2-1-3-10)13-15(21-16)22(9-19-13)12-5-4-11(6-12)8-23/h4-5,9-12,23H,1-3,6-8H2,(H3,17,18,20,21)/t11-,12+/m0/s1. The van der Waals surface area contributed by atoms with Crippen molar-refractivity contribution >= 4 is 22.9 Å². The summed E-state index contributed by atoms with van der Waals surface area (Å²) < 4.78 is 2.02. The van der Waals surface area contributed by atoms with Crippen molar-refractivity contribution in [3.63, 3.8) is 0 Å². The van der Waals surface area contributed by atoms with Crippen LogP contribution >= 0.6 is 0 Å². The van der Waals surface area contributed by atoms with Gasteiger partial charge in [0.15, 0.2) is 17.0 Å². The average Bonchev–Trinajstić information content (AvgIpc) is 3.11. The third kappa shape index (κ3) is 2.65. The number of anilines is 2. The fourth-order valence-electron chi connectivity index (χ4n) is 3.33. The second kappa shape index (κ2) is 5.81. The molecule has 4 N–H and O–H groups in total. The summed E-state index contributed by atoms with van der Waals surface area (Å²) in [5, 5.41) is 12.7. The maximum Gasteiger partial charge on any atom is 0.224 e.